The molecule has 0 radical (unpaired) electrons. The van der Waals surface area contributed by atoms with Crippen molar-refractivity contribution < 1.29 is 4.79 Å². The smallest absolute Gasteiger partial charge is 0.226 e. The standard InChI is InChI=1S/C16H20ClNO/c17-9-10-18(11-12-5-2-1-3-6-12)16(19)15-13-7-4-8-14(13)15/h1-3,5-6,13-15H,4,7-11H2. The number of benzene rings is 1. The molecule has 0 spiro atoms. The maximum atomic E-state index is 12.6. The summed E-state index contributed by atoms with van der Waals surface area (Å²) in [6.45, 7) is 1.35. The van der Waals surface area contributed by atoms with Crippen molar-refractivity contribution in [3.63, 3.8) is 0 Å². The molecule has 1 aromatic rings. The summed E-state index contributed by atoms with van der Waals surface area (Å²) in [4.78, 5) is 14.5. The minimum atomic E-state index is 0.306. The summed E-state index contributed by atoms with van der Waals surface area (Å²) < 4.78 is 0. The summed E-state index contributed by atoms with van der Waals surface area (Å²) in [7, 11) is 0. The van der Waals surface area contributed by atoms with Gasteiger partial charge in [-0.25, -0.2) is 0 Å². The van der Waals surface area contributed by atoms with Crippen molar-refractivity contribution in [3.8, 4) is 0 Å². The first-order chi connectivity index (χ1) is 9.31. The van der Waals surface area contributed by atoms with Gasteiger partial charge < -0.3 is 4.90 Å². The molecule has 2 saturated carbocycles. The van der Waals surface area contributed by atoms with Crippen molar-refractivity contribution in [2.45, 2.75) is 25.8 Å². The topological polar surface area (TPSA) is 20.3 Å². The molecular weight excluding hydrogens is 258 g/mol. The molecule has 0 aromatic heterocycles. The van der Waals surface area contributed by atoms with Crippen LogP contribution in [0.25, 0.3) is 0 Å². The zero-order chi connectivity index (χ0) is 13.2. The van der Waals surface area contributed by atoms with E-state index in [1.807, 2.05) is 23.1 Å². The van der Waals surface area contributed by atoms with Crippen LogP contribution in [0.1, 0.15) is 24.8 Å². The van der Waals surface area contributed by atoms with Gasteiger partial charge >= 0.3 is 0 Å². The Morgan fingerprint density at radius 3 is 2.53 bits per heavy atom. The lowest BCUT2D eigenvalue weighted by atomic mass is 10.1. The summed E-state index contributed by atoms with van der Waals surface area (Å²) in [5, 5.41) is 0. The van der Waals surface area contributed by atoms with Crippen LogP contribution in [0.4, 0.5) is 0 Å². The number of carbonyl (C=O) groups excluding carboxylic acids is 1. The lowest BCUT2D eigenvalue weighted by Crippen LogP contribution is -2.34. The highest BCUT2D eigenvalue weighted by Crippen LogP contribution is 2.58. The first-order valence-electron chi connectivity index (χ1n) is 7.20. The molecule has 2 aliphatic rings. The minimum absolute atomic E-state index is 0.306. The number of carbonyl (C=O) groups is 1. The molecule has 0 heterocycles. The Morgan fingerprint density at radius 2 is 1.89 bits per heavy atom. The van der Waals surface area contributed by atoms with Gasteiger partial charge in [-0.3, -0.25) is 4.79 Å². The lowest BCUT2D eigenvalue weighted by molar-refractivity contribution is -0.133. The minimum Gasteiger partial charge on any atom is -0.337 e. The third kappa shape index (κ3) is 2.64. The van der Waals surface area contributed by atoms with Gasteiger partial charge in [0.1, 0.15) is 0 Å². The van der Waals surface area contributed by atoms with Crippen LogP contribution in [-0.4, -0.2) is 23.2 Å². The van der Waals surface area contributed by atoms with Gasteiger partial charge in [-0.1, -0.05) is 36.8 Å². The fourth-order valence-electron chi connectivity index (χ4n) is 3.57. The predicted octanol–water partition coefficient (Wildman–Crippen LogP) is 3.30. The molecule has 0 aliphatic heterocycles. The fourth-order valence-corrected chi connectivity index (χ4v) is 3.78. The van der Waals surface area contributed by atoms with Gasteiger partial charge in [0.15, 0.2) is 0 Å². The second kappa shape index (κ2) is 5.54. The van der Waals surface area contributed by atoms with Crippen molar-refractivity contribution in [2.75, 3.05) is 12.4 Å². The number of amides is 1. The lowest BCUT2D eigenvalue weighted by Gasteiger charge is -2.23. The Balaban J connectivity index is 1.65. The SMILES string of the molecule is O=C(C1C2CCCC21)N(CCCl)Cc1ccccc1. The number of nitrogens with zero attached hydrogens (tertiary/aromatic N) is 1. The van der Waals surface area contributed by atoms with E-state index in [-0.39, 0.29) is 0 Å². The highest BCUT2D eigenvalue weighted by molar-refractivity contribution is 6.18. The van der Waals surface area contributed by atoms with Crippen LogP contribution in [0.2, 0.25) is 0 Å². The molecule has 1 amide bonds. The van der Waals surface area contributed by atoms with E-state index < -0.39 is 0 Å². The van der Waals surface area contributed by atoms with Crippen molar-refractivity contribution in [1.29, 1.82) is 0 Å². The van der Waals surface area contributed by atoms with Gasteiger partial charge in [-0.15, -0.1) is 11.6 Å². The molecule has 19 heavy (non-hydrogen) atoms. The first kappa shape index (κ1) is 13.0. The van der Waals surface area contributed by atoms with E-state index in [1.165, 1.54) is 24.8 Å². The second-order valence-corrected chi connectivity index (χ2v) is 6.10. The molecule has 2 atom stereocenters. The van der Waals surface area contributed by atoms with Crippen molar-refractivity contribution in [1.82, 2.24) is 4.90 Å². The second-order valence-electron chi connectivity index (χ2n) is 5.72. The highest BCUT2D eigenvalue weighted by atomic mass is 35.5. The zero-order valence-corrected chi connectivity index (χ0v) is 11.9. The largest absolute Gasteiger partial charge is 0.337 e. The number of alkyl halides is 1. The third-order valence-corrected chi connectivity index (χ3v) is 4.74. The Hall–Kier alpha value is -1.02. The molecular formula is C16H20ClNO. The summed E-state index contributed by atoms with van der Waals surface area (Å²) in [6, 6.07) is 10.2. The number of hydrogen-bond donors (Lipinski definition) is 0. The molecule has 0 N–H and O–H groups in total. The monoisotopic (exact) mass is 277 g/mol. The van der Waals surface area contributed by atoms with Crippen LogP contribution < -0.4 is 0 Å². The Bertz CT molecular complexity index is 437. The maximum Gasteiger partial charge on any atom is 0.226 e. The average molecular weight is 278 g/mol. The molecule has 1 aromatic carbocycles. The summed E-state index contributed by atoms with van der Waals surface area (Å²) in [5.74, 6) is 2.52. The van der Waals surface area contributed by atoms with E-state index in [2.05, 4.69) is 12.1 Å². The Kier molecular flexibility index (Phi) is 3.79. The number of hydrogen-bond acceptors (Lipinski definition) is 1. The van der Waals surface area contributed by atoms with Crippen LogP contribution in [0.5, 0.6) is 0 Å². The van der Waals surface area contributed by atoms with E-state index in [4.69, 9.17) is 11.6 Å². The molecule has 2 unspecified atom stereocenters. The molecule has 2 nitrogen and oxygen atoms in total. The molecule has 3 heteroatoms. The normalized spacial score (nSPS) is 27.9. The van der Waals surface area contributed by atoms with Crippen LogP contribution in [0.3, 0.4) is 0 Å². The van der Waals surface area contributed by atoms with Crippen LogP contribution >= 0.6 is 11.6 Å². The molecule has 102 valence electrons. The van der Waals surface area contributed by atoms with Gasteiger partial charge in [0, 0.05) is 24.9 Å². The van der Waals surface area contributed by atoms with E-state index in [1.54, 1.807) is 0 Å². The van der Waals surface area contributed by atoms with Gasteiger partial charge in [-0.05, 0) is 30.2 Å². The Morgan fingerprint density at radius 1 is 1.21 bits per heavy atom. The first-order valence-corrected chi connectivity index (χ1v) is 7.73. The molecule has 2 fully saturated rings. The number of halogens is 1. The van der Waals surface area contributed by atoms with Gasteiger partial charge in [0.05, 0.1) is 0 Å². The van der Waals surface area contributed by atoms with Crippen LogP contribution in [0, 0.1) is 17.8 Å². The zero-order valence-electron chi connectivity index (χ0n) is 11.1. The number of fused-ring (bicyclic) bond motifs is 1. The van der Waals surface area contributed by atoms with Crippen molar-refractivity contribution >= 4 is 17.5 Å². The van der Waals surface area contributed by atoms with Crippen LogP contribution in [-0.2, 0) is 11.3 Å². The van der Waals surface area contributed by atoms with Crippen molar-refractivity contribution in [3.05, 3.63) is 35.9 Å². The van der Waals surface area contributed by atoms with Gasteiger partial charge in [-0.2, -0.15) is 0 Å². The third-order valence-electron chi connectivity index (χ3n) is 4.57. The summed E-state index contributed by atoms with van der Waals surface area (Å²) >= 11 is 5.86. The van der Waals surface area contributed by atoms with Gasteiger partial charge in [0.2, 0.25) is 5.91 Å². The number of rotatable bonds is 5. The molecule has 0 bridgehead atoms. The highest BCUT2D eigenvalue weighted by Gasteiger charge is 2.57. The van der Waals surface area contributed by atoms with E-state index >= 15 is 0 Å². The van der Waals surface area contributed by atoms with E-state index in [9.17, 15) is 4.79 Å². The maximum absolute atomic E-state index is 12.6. The molecule has 0 saturated heterocycles. The Labute approximate surface area is 119 Å². The van der Waals surface area contributed by atoms with Gasteiger partial charge in [0.25, 0.3) is 0 Å². The average Bonchev–Trinajstić information content (AvgIpc) is 2.91. The predicted molar refractivity (Wildman–Crippen MR) is 76.9 cm³/mol. The van der Waals surface area contributed by atoms with Crippen molar-refractivity contribution in [2.24, 2.45) is 17.8 Å². The summed E-state index contributed by atoms with van der Waals surface area (Å²) in [6.07, 6.45) is 3.82. The van der Waals surface area contributed by atoms with Crippen LogP contribution in [0.15, 0.2) is 30.3 Å². The quantitative estimate of drug-likeness (QED) is 0.756. The van der Waals surface area contributed by atoms with E-state index in [0.717, 1.165) is 0 Å². The molecule has 3 rings (SSSR count). The summed E-state index contributed by atoms with van der Waals surface area (Å²) in [5.41, 5.74) is 1.19. The molecule has 2 aliphatic carbocycles. The van der Waals surface area contributed by atoms with E-state index in [0.29, 0.717) is 42.6 Å². The fraction of sp³-hybridized carbons (Fsp3) is 0.562.